The van der Waals surface area contributed by atoms with Crippen LogP contribution in [0.4, 0.5) is 4.39 Å². The number of rotatable bonds is 18. The number of alkyl halides is 1. The van der Waals surface area contributed by atoms with Crippen LogP contribution in [0.2, 0.25) is 0 Å². The molecule has 3 unspecified atom stereocenters. The van der Waals surface area contributed by atoms with Crippen LogP contribution in [0.3, 0.4) is 0 Å². The van der Waals surface area contributed by atoms with Crippen LogP contribution in [-0.4, -0.2) is 25.0 Å². The number of hydrogen-bond acceptors (Lipinski definition) is 2. The predicted molar refractivity (Wildman–Crippen MR) is 137 cm³/mol. The lowest BCUT2D eigenvalue weighted by Gasteiger charge is -2.40. The molecule has 0 aromatic carbocycles. The van der Waals surface area contributed by atoms with Gasteiger partial charge in [-0.15, -0.1) is 0 Å². The van der Waals surface area contributed by atoms with Gasteiger partial charge < -0.3 is 4.74 Å². The first-order chi connectivity index (χ1) is 15.7. The molecular formula is C29H56FNO. The van der Waals surface area contributed by atoms with Gasteiger partial charge in [0.15, 0.2) is 6.30 Å². The molecule has 0 aromatic heterocycles. The Hall–Kier alpha value is -0.150. The van der Waals surface area contributed by atoms with Crippen LogP contribution < -0.4 is 5.32 Å². The maximum atomic E-state index is 14.8. The molecule has 0 spiro atoms. The highest BCUT2D eigenvalue weighted by molar-refractivity contribution is 4.88. The lowest BCUT2D eigenvalue weighted by atomic mass is 9.77. The summed E-state index contributed by atoms with van der Waals surface area (Å²) in [5.41, 5.74) is 0. The van der Waals surface area contributed by atoms with Crippen LogP contribution in [-0.2, 0) is 4.74 Å². The van der Waals surface area contributed by atoms with Crippen molar-refractivity contribution >= 4 is 0 Å². The zero-order valence-corrected chi connectivity index (χ0v) is 21.7. The minimum absolute atomic E-state index is 0.253. The van der Waals surface area contributed by atoms with Gasteiger partial charge in [0, 0.05) is 18.6 Å². The molecule has 32 heavy (non-hydrogen) atoms. The summed E-state index contributed by atoms with van der Waals surface area (Å²) in [6.45, 7) is 5.48. The van der Waals surface area contributed by atoms with E-state index in [-0.39, 0.29) is 5.92 Å². The molecule has 2 fully saturated rings. The SMILES string of the molecule is CCCCCCCCCCC1CCC(C2CCC(OCCCCCCCC)CC2)NC1F. The average molecular weight is 454 g/mol. The van der Waals surface area contributed by atoms with Gasteiger partial charge in [-0.1, -0.05) is 97.3 Å². The smallest absolute Gasteiger partial charge is 0.154 e. The Bertz CT molecular complexity index is 423. The number of ether oxygens (including phenoxy) is 1. The molecule has 1 saturated heterocycles. The normalized spacial score (nSPS) is 28.8. The summed E-state index contributed by atoms with van der Waals surface area (Å²) in [5.74, 6) is 0.912. The highest BCUT2D eigenvalue weighted by Crippen LogP contribution is 2.35. The highest BCUT2D eigenvalue weighted by Gasteiger charge is 2.35. The van der Waals surface area contributed by atoms with Crippen molar-refractivity contribution in [3.8, 4) is 0 Å². The molecule has 1 heterocycles. The molecule has 1 saturated carbocycles. The fourth-order valence-corrected chi connectivity index (χ4v) is 5.96. The van der Waals surface area contributed by atoms with Gasteiger partial charge in [0.1, 0.15) is 0 Å². The van der Waals surface area contributed by atoms with E-state index >= 15 is 0 Å². The van der Waals surface area contributed by atoms with Crippen LogP contribution >= 0.6 is 0 Å². The van der Waals surface area contributed by atoms with Crippen LogP contribution in [0.1, 0.15) is 149 Å². The zero-order chi connectivity index (χ0) is 22.9. The molecule has 3 heteroatoms. The van der Waals surface area contributed by atoms with Gasteiger partial charge in [0.2, 0.25) is 0 Å². The van der Waals surface area contributed by atoms with Crippen molar-refractivity contribution in [2.24, 2.45) is 11.8 Å². The Morgan fingerprint density at radius 1 is 0.656 bits per heavy atom. The minimum Gasteiger partial charge on any atom is -0.378 e. The third-order valence-corrected chi connectivity index (χ3v) is 8.20. The maximum Gasteiger partial charge on any atom is 0.154 e. The largest absolute Gasteiger partial charge is 0.378 e. The van der Waals surface area contributed by atoms with Gasteiger partial charge in [-0.05, 0) is 57.3 Å². The standard InChI is InChI=1S/C29H56FNO/c1-3-5-7-9-11-12-13-15-17-26-20-23-28(31-29(26)30)25-18-21-27(22-19-25)32-24-16-14-10-8-6-4-2/h25-29,31H,3-24H2,1-2H3. The van der Waals surface area contributed by atoms with E-state index in [1.807, 2.05) is 0 Å². The fourth-order valence-electron chi connectivity index (χ4n) is 5.96. The van der Waals surface area contributed by atoms with E-state index in [4.69, 9.17) is 4.74 Å². The molecule has 0 radical (unpaired) electrons. The second-order valence-corrected chi connectivity index (χ2v) is 11.0. The third-order valence-electron chi connectivity index (χ3n) is 8.20. The molecule has 2 rings (SSSR count). The second-order valence-electron chi connectivity index (χ2n) is 11.0. The number of piperidine rings is 1. The summed E-state index contributed by atoms with van der Waals surface area (Å²) in [7, 11) is 0. The van der Waals surface area contributed by atoms with Crippen molar-refractivity contribution in [1.82, 2.24) is 5.32 Å². The highest BCUT2D eigenvalue weighted by atomic mass is 19.1. The van der Waals surface area contributed by atoms with Gasteiger partial charge in [-0.3, -0.25) is 5.32 Å². The van der Waals surface area contributed by atoms with E-state index in [0.717, 1.165) is 19.4 Å². The van der Waals surface area contributed by atoms with Crippen LogP contribution in [0.5, 0.6) is 0 Å². The maximum absolute atomic E-state index is 14.8. The molecule has 1 N–H and O–H groups in total. The van der Waals surface area contributed by atoms with E-state index in [0.29, 0.717) is 18.1 Å². The van der Waals surface area contributed by atoms with E-state index in [1.54, 1.807) is 0 Å². The van der Waals surface area contributed by atoms with Crippen LogP contribution in [0.25, 0.3) is 0 Å². The monoisotopic (exact) mass is 453 g/mol. The Morgan fingerprint density at radius 2 is 1.22 bits per heavy atom. The van der Waals surface area contributed by atoms with Gasteiger partial charge in [-0.25, -0.2) is 4.39 Å². The van der Waals surface area contributed by atoms with Gasteiger partial charge in [0.25, 0.3) is 0 Å². The summed E-state index contributed by atoms with van der Waals surface area (Å²) in [5, 5.41) is 3.40. The number of unbranched alkanes of at least 4 members (excludes halogenated alkanes) is 12. The second kappa shape index (κ2) is 18.2. The summed E-state index contributed by atoms with van der Waals surface area (Å²) in [4.78, 5) is 0. The molecule has 190 valence electrons. The molecular weight excluding hydrogens is 397 g/mol. The van der Waals surface area contributed by atoms with E-state index in [1.165, 1.54) is 122 Å². The lowest BCUT2D eigenvalue weighted by molar-refractivity contribution is 0.00296. The Morgan fingerprint density at radius 3 is 1.81 bits per heavy atom. The number of halogens is 1. The third kappa shape index (κ3) is 11.8. The van der Waals surface area contributed by atoms with Crippen molar-refractivity contribution in [2.75, 3.05) is 6.61 Å². The molecule has 2 aliphatic rings. The molecule has 1 aliphatic carbocycles. The summed E-state index contributed by atoms with van der Waals surface area (Å²) in [6, 6.07) is 0.402. The first kappa shape index (κ1) is 28.1. The average Bonchev–Trinajstić information content (AvgIpc) is 2.81. The molecule has 1 aliphatic heterocycles. The van der Waals surface area contributed by atoms with Gasteiger partial charge in [0.05, 0.1) is 6.10 Å². The fraction of sp³-hybridized carbons (Fsp3) is 1.00. The summed E-state index contributed by atoms with van der Waals surface area (Å²) in [6.07, 6.45) is 26.5. The molecule has 0 amide bonds. The van der Waals surface area contributed by atoms with Crippen molar-refractivity contribution in [3.05, 3.63) is 0 Å². The first-order valence-electron chi connectivity index (χ1n) is 14.8. The first-order valence-corrected chi connectivity index (χ1v) is 14.8. The van der Waals surface area contributed by atoms with Crippen molar-refractivity contribution in [2.45, 2.75) is 167 Å². The van der Waals surface area contributed by atoms with E-state index in [2.05, 4.69) is 19.2 Å². The van der Waals surface area contributed by atoms with Crippen LogP contribution in [0.15, 0.2) is 0 Å². The molecule has 2 nitrogen and oxygen atoms in total. The summed E-state index contributed by atoms with van der Waals surface area (Å²) < 4.78 is 21.0. The van der Waals surface area contributed by atoms with Gasteiger partial charge >= 0.3 is 0 Å². The molecule has 0 aromatic rings. The van der Waals surface area contributed by atoms with E-state index < -0.39 is 6.30 Å². The zero-order valence-electron chi connectivity index (χ0n) is 21.7. The topological polar surface area (TPSA) is 21.3 Å². The Balaban J connectivity index is 1.48. The number of nitrogens with one attached hydrogen (secondary N) is 1. The van der Waals surface area contributed by atoms with Crippen molar-refractivity contribution in [1.29, 1.82) is 0 Å². The lowest BCUT2D eigenvalue weighted by Crippen LogP contribution is -2.49. The van der Waals surface area contributed by atoms with Gasteiger partial charge in [-0.2, -0.15) is 0 Å². The Labute approximate surface area is 200 Å². The Kier molecular flexibility index (Phi) is 16.0. The van der Waals surface area contributed by atoms with Crippen molar-refractivity contribution < 1.29 is 9.13 Å². The predicted octanol–water partition coefficient (Wildman–Crippen LogP) is 9.12. The molecule has 3 atom stereocenters. The number of hydrogen-bond donors (Lipinski definition) is 1. The minimum atomic E-state index is -0.778. The summed E-state index contributed by atoms with van der Waals surface area (Å²) >= 11 is 0. The molecule has 0 bridgehead atoms. The van der Waals surface area contributed by atoms with Crippen molar-refractivity contribution in [3.63, 3.8) is 0 Å². The van der Waals surface area contributed by atoms with E-state index in [9.17, 15) is 4.39 Å². The van der Waals surface area contributed by atoms with Crippen LogP contribution in [0, 0.1) is 11.8 Å². The quantitative estimate of drug-likeness (QED) is 0.165.